The SMILES string of the molecule is CCc1ccsc1CNc1nc2c(ncn2[C@@H]2O[C@H](COP(=O)(O)O)[C@@H](O)[C@H]2O)c(=O)[nH]1. The van der Waals surface area contributed by atoms with Crippen LogP contribution in [-0.2, 0) is 26.8 Å². The average Bonchev–Trinajstić information content (AvgIpc) is 3.43. The first kappa shape index (κ1) is 23.0. The fourth-order valence-corrected chi connectivity index (χ4v) is 4.72. The topological polar surface area (TPSA) is 192 Å². The van der Waals surface area contributed by atoms with Gasteiger partial charge in [-0.1, -0.05) is 6.92 Å². The lowest BCUT2D eigenvalue weighted by molar-refractivity contribution is -0.0503. The van der Waals surface area contributed by atoms with Gasteiger partial charge in [-0.2, -0.15) is 4.98 Å². The lowest BCUT2D eigenvalue weighted by Crippen LogP contribution is -2.33. The molecule has 0 amide bonds. The van der Waals surface area contributed by atoms with E-state index in [0.717, 1.165) is 11.3 Å². The van der Waals surface area contributed by atoms with Gasteiger partial charge in [-0.05, 0) is 23.4 Å². The van der Waals surface area contributed by atoms with E-state index >= 15 is 0 Å². The molecule has 0 bridgehead atoms. The maximum atomic E-state index is 12.5. The molecule has 0 aromatic carbocycles. The quantitative estimate of drug-likeness (QED) is 0.236. The molecule has 1 aliphatic heterocycles. The number of phosphoric ester groups is 1. The molecule has 174 valence electrons. The second kappa shape index (κ2) is 9.00. The Morgan fingerprint density at radius 3 is 2.88 bits per heavy atom. The van der Waals surface area contributed by atoms with Crippen LogP contribution in [0, 0.1) is 0 Å². The minimum absolute atomic E-state index is 0.00104. The highest BCUT2D eigenvalue weighted by Crippen LogP contribution is 2.38. The van der Waals surface area contributed by atoms with E-state index in [2.05, 4.69) is 31.7 Å². The second-order valence-electron chi connectivity index (χ2n) is 7.15. The standard InChI is InChI=1S/C17H22N5O8PS/c1-2-8-3-4-32-10(8)5-18-17-20-14-11(15(25)21-17)19-7-22(14)16-13(24)12(23)9(30-16)6-29-31(26,27)28/h3-4,7,9,12-13,16,23-24H,2,5-6H2,1H3,(H2,26,27,28)(H2,18,20,21,25)/t9-,12-,13-,16-/m1/s1. The van der Waals surface area contributed by atoms with Crippen molar-refractivity contribution < 1.29 is 33.8 Å². The molecule has 6 N–H and O–H groups in total. The van der Waals surface area contributed by atoms with E-state index in [4.69, 9.17) is 14.5 Å². The fourth-order valence-electron chi connectivity index (χ4n) is 3.46. The number of nitrogens with one attached hydrogen (secondary N) is 2. The first-order chi connectivity index (χ1) is 15.2. The summed E-state index contributed by atoms with van der Waals surface area (Å²) in [6.45, 7) is 1.86. The smallest absolute Gasteiger partial charge is 0.387 e. The predicted molar refractivity (Wildman–Crippen MR) is 113 cm³/mol. The Bertz CT molecular complexity index is 1210. The number of nitrogens with zero attached hydrogens (tertiary/aromatic N) is 3. The zero-order chi connectivity index (χ0) is 23.0. The summed E-state index contributed by atoms with van der Waals surface area (Å²) in [4.78, 5) is 42.3. The third-order valence-electron chi connectivity index (χ3n) is 5.09. The van der Waals surface area contributed by atoms with Crippen molar-refractivity contribution in [2.45, 2.75) is 44.4 Å². The molecule has 0 saturated carbocycles. The van der Waals surface area contributed by atoms with Gasteiger partial charge in [-0.3, -0.25) is 18.9 Å². The molecular formula is C17H22N5O8PS. The molecule has 4 heterocycles. The first-order valence-corrected chi connectivity index (χ1v) is 12.1. The molecule has 13 nitrogen and oxygen atoms in total. The maximum Gasteiger partial charge on any atom is 0.469 e. The summed E-state index contributed by atoms with van der Waals surface area (Å²) in [6, 6.07) is 2.03. The number of aliphatic hydroxyl groups excluding tert-OH is 2. The van der Waals surface area contributed by atoms with Crippen LogP contribution < -0.4 is 10.9 Å². The molecule has 32 heavy (non-hydrogen) atoms. The summed E-state index contributed by atoms with van der Waals surface area (Å²) in [5, 5.41) is 25.7. The van der Waals surface area contributed by atoms with E-state index in [1.807, 2.05) is 11.4 Å². The number of H-pyrrole nitrogens is 1. The summed E-state index contributed by atoms with van der Waals surface area (Å²) in [5.41, 5.74) is 0.788. The number of phosphoric acid groups is 1. The van der Waals surface area contributed by atoms with Crippen LogP contribution in [0.5, 0.6) is 0 Å². The molecule has 0 spiro atoms. The minimum Gasteiger partial charge on any atom is -0.387 e. The van der Waals surface area contributed by atoms with Gasteiger partial charge in [0.15, 0.2) is 17.4 Å². The van der Waals surface area contributed by atoms with E-state index in [0.29, 0.717) is 6.54 Å². The van der Waals surface area contributed by atoms with E-state index < -0.39 is 44.5 Å². The summed E-state index contributed by atoms with van der Waals surface area (Å²) in [5.74, 6) is 0.189. The molecule has 0 aliphatic carbocycles. The normalized spacial score (nSPS) is 23.8. The number of aliphatic hydroxyl groups is 2. The van der Waals surface area contributed by atoms with Gasteiger partial charge in [0.25, 0.3) is 5.56 Å². The Kier molecular flexibility index (Phi) is 6.47. The van der Waals surface area contributed by atoms with Crippen molar-refractivity contribution in [3.05, 3.63) is 38.6 Å². The Morgan fingerprint density at radius 2 is 2.16 bits per heavy atom. The van der Waals surface area contributed by atoms with E-state index in [9.17, 15) is 19.6 Å². The molecule has 1 aliphatic rings. The number of fused-ring (bicyclic) bond motifs is 1. The molecule has 3 aromatic rings. The van der Waals surface area contributed by atoms with Crippen LogP contribution in [0.15, 0.2) is 22.6 Å². The number of hydrogen-bond donors (Lipinski definition) is 6. The van der Waals surface area contributed by atoms with Gasteiger partial charge < -0.3 is 30.1 Å². The van der Waals surface area contributed by atoms with Crippen LogP contribution in [0.1, 0.15) is 23.6 Å². The number of aryl methyl sites for hydroxylation is 1. The predicted octanol–water partition coefficient (Wildman–Crippen LogP) is 0.0841. The maximum absolute atomic E-state index is 12.5. The highest BCUT2D eigenvalue weighted by molar-refractivity contribution is 7.46. The van der Waals surface area contributed by atoms with Crippen LogP contribution in [-0.4, -0.2) is 64.4 Å². The number of thiophene rings is 1. The summed E-state index contributed by atoms with van der Waals surface area (Å²) in [7, 11) is -4.79. The Hall–Kier alpha value is -2.16. The summed E-state index contributed by atoms with van der Waals surface area (Å²) < 4.78 is 22.1. The average molecular weight is 487 g/mol. The Balaban J connectivity index is 1.58. The number of ether oxygens (including phenoxy) is 1. The number of rotatable bonds is 8. The van der Waals surface area contributed by atoms with Gasteiger partial charge >= 0.3 is 7.82 Å². The highest BCUT2D eigenvalue weighted by atomic mass is 32.1. The third-order valence-corrected chi connectivity index (χ3v) is 6.53. The Morgan fingerprint density at radius 1 is 1.38 bits per heavy atom. The van der Waals surface area contributed by atoms with Crippen LogP contribution >= 0.6 is 19.2 Å². The van der Waals surface area contributed by atoms with E-state index in [1.165, 1.54) is 16.5 Å². The highest BCUT2D eigenvalue weighted by Gasteiger charge is 2.45. The second-order valence-corrected chi connectivity index (χ2v) is 9.39. The van der Waals surface area contributed by atoms with Gasteiger partial charge in [-0.25, -0.2) is 9.55 Å². The van der Waals surface area contributed by atoms with Crippen molar-refractivity contribution in [3.63, 3.8) is 0 Å². The molecule has 4 atom stereocenters. The van der Waals surface area contributed by atoms with Crippen LogP contribution in [0.2, 0.25) is 0 Å². The van der Waals surface area contributed by atoms with Gasteiger partial charge in [0.2, 0.25) is 5.95 Å². The fraction of sp³-hybridized carbons (Fsp3) is 0.471. The van der Waals surface area contributed by atoms with Crippen LogP contribution in [0.4, 0.5) is 5.95 Å². The molecule has 0 radical (unpaired) electrons. The lowest BCUT2D eigenvalue weighted by Gasteiger charge is -2.16. The third kappa shape index (κ3) is 4.63. The summed E-state index contributed by atoms with van der Waals surface area (Å²) in [6.07, 6.45) is -3.28. The molecule has 1 fully saturated rings. The van der Waals surface area contributed by atoms with Crippen molar-refractivity contribution in [2.75, 3.05) is 11.9 Å². The van der Waals surface area contributed by atoms with Gasteiger partial charge in [-0.15, -0.1) is 11.3 Å². The van der Waals surface area contributed by atoms with Gasteiger partial charge in [0, 0.05) is 4.88 Å². The van der Waals surface area contributed by atoms with E-state index in [1.54, 1.807) is 11.3 Å². The number of hydrogen-bond acceptors (Lipinski definition) is 10. The number of anilines is 1. The van der Waals surface area contributed by atoms with Crippen LogP contribution in [0.3, 0.4) is 0 Å². The van der Waals surface area contributed by atoms with Crippen molar-refractivity contribution >= 4 is 36.3 Å². The first-order valence-electron chi connectivity index (χ1n) is 9.65. The summed E-state index contributed by atoms with van der Waals surface area (Å²) >= 11 is 1.59. The molecular weight excluding hydrogens is 465 g/mol. The molecule has 3 aromatic heterocycles. The molecule has 4 rings (SSSR count). The lowest BCUT2D eigenvalue weighted by atomic mass is 10.1. The number of aromatic amines is 1. The molecule has 1 saturated heterocycles. The van der Waals surface area contributed by atoms with Crippen molar-refractivity contribution in [1.29, 1.82) is 0 Å². The van der Waals surface area contributed by atoms with E-state index in [-0.39, 0.29) is 17.1 Å². The molecule has 15 heteroatoms. The number of aromatic nitrogens is 4. The monoisotopic (exact) mass is 487 g/mol. The van der Waals surface area contributed by atoms with Crippen molar-refractivity contribution in [1.82, 2.24) is 19.5 Å². The van der Waals surface area contributed by atoms with Crippen molar-refractivity contribution in [3.8, 4) is 0 Å². The zero-order valence-corrected chi connectivity index (χ0v) is 18.5. The van der Waals surface area contributed by atoms with Crippen LogP contribution in [0.25, 0.3) is 11.2 Å². The van der Waals surface area contributed by atoms with Gasteiger partial charge in [0.05, 0.1) is 19.5 Å². The minimum atomic E-state index is -4.79. The zero-order valence-electron chi connectivity index (χ0n) is 16.8. The Labute approximate surface area is 184 Å². The number of imidazole rings is 1. The largest absolute Gasteiger partial charge is 0.469 e. The van der Waals surface area contributed by atoms with Crippen molar-refractivity contribution in [2.24, 2.45) is 0 Å². The molecule has 0 unspecified atom stereocenters. The van der Waals surface area contributed by atoms with Gasteiger partial charge in [0.1, 0.15) is 18.3 Å².